The molecule has 0 spiro atoms. The fraction of sp³-hybridized carbons (Fsp3) is 0.333. The summed E-state index contributed by atoms with van der Waals surface area (Å²) >= 11 is 0. The van der Waals surface area contributed by atoms with E-state index >= 15 is 0 Å². The molecule has 0 amide bonds. The van der Waals surface area contributed by atoms with Crippen molar-refractivity contribution in [3.63, 3.8) is 0 Å². The first-order valence-electron chi connectivity index (χ1n) is 7.39. The van der Waals surface area contributed by atoms with E-state index in [0.717, 1.165) is 23.7 Å². The average molecular weight is 286 g/mol. The number of aryl methyl sites for hydroxylation is 1. The Bertz CT molecular complexity index is 552. The molecule has 0 atom stereocenters. The second-order valence-corrected chi connectivity index (χ2v) is 4.61. The van der Waals surface area contributed by atoms with Crippen LogP contribution >= 0.6 is 0 Å². The molecule has 0 heterocycles. The van der Waals surface area contributed by atoms with Crippen LogP contribution in [0.15, 0.2) is 48.5 Å². The van der Waals surface area contributed by atoms with Gasteiger partial charge in [-0.3, -0.25) is 0 Å². The smallest absolute Gasteiger partial charge is 0.123 e. The topological polar surface area (TPSA) is 27.7 Å². The van der Waals surface area contributed by atoms with E-state index in [1.54, 1.807) is 0 Å². The van der Waals surface area contributed by atoms with Crippen molar-refractivity contribution < 1.29 is 14.2 Å². The van der Waals surface area contributed by atoms with Gasteiger partial charge in [0.05, 0.1) is 6.61 Å². The fourth-order valence-corrected chi connectivity index (χ4v) is 1.99. The predicted octanol–water partition coefficient (Wildman–Crippen LogP) is 4.11. The number of ether oxygens (including phenoxy) is 3. The molecule has 2 rings (SSSR count). The second-order valence-electron chi connectivity index (χ2n) is 4.61. The third kappa shape index (κ3) is 5.03. The fourth-order valence-electron chi connectivity index (χ4n) is 1.99. The summed E-state index contributed by atoms with van der Waals surface area (Å²) in [5.41, 5.74) is 1.28. The minimum absolute atomic E-state index is 0.506. The number of hydrogen-bond donors (Lipinski definition) is 0. The van der Waals surface area contributed by atoms with Gasteiger partial charge in [0.15, 0.2) is 0 Å². The number of rotatable bonds is 8. The Hall–Kier alpha value is -2.16. The van der Waals surface area contributed by atoms with Crippen molar-refractivity contribution in [2.75, 3.05) is 19.8 Å². The van der Waals surface area contributed by atoms with Crippen molar-refractivity contribution >= 4 is 0 Å². The highest BCUT2D eigenvalue weighted by Crippen LogP contribution is 2.19. The van der Waals surface area contributed by atoms with Gasteiger partial charge in [-0.1, -0.05) is 25.1 Å². The average Bonchev–Trinajstić information content (AvgIpc) is 2.52. The number of hydrogen-bond acceptors (Lipinski definition) is 3. The minimum atomic E-state index is 0.506. The van der Waals surface area contributed by atoms with Crippen LogP contribution in [0.2, 0.25) is 0 Å². The van der Waals surface area contributed by atoms with Crippen molar-refractivity contribution in [1.82, 2.24) is 0 Å². The van der Waals surface area contributed by atoms with Crippen LogP contribution in [0.5, 0.6) is 17.2 Å². The van der Waals surface area contributed by atoms with Gasteiger partial charge in [-0.25, -0.2) is 0 Å². The molecule has 112 valence electrons. The highest BCUT2D eigenvalue weighted by molar-refractivity contribution is 5.33. The molecule has 0 saturated heterocycles. The summed E-state index contributed by atoms with van der Waals surface area (Å²) in [6, 6.07) is 15.8. The Morgan fingerprint density at radius 3 is 1.90 bits per heavy atom. The van der Waals surface area contributed by atoms with E-state index in [4.69, 9.17) is 14.2 Å². The van der Waals surface area contributed by atoms with Crippen molar-refractivity contribution in [1.29, 1.82) is 0 Å². The lowest BCUT2D eigenvalue weighted by atomic mass is 10.2. The number of benzene rings is 2. The van der Waals surface area contributed by atoms with Crippen LogP contribution in [-0.2, 0) is 6.42 Å². The maximum absolute atomic E-state index is 5.69. The van der Waals surface area contributed by atoms with Crippen LogP contribution in [0.3, 0.4) is 0 Å². The zero-order valence-corrected chi connectivity index (χ0v) is 12.7. The van der Waals surface area contributed by atoms with Gasteiger partial charge in [0.1, 0.15) is 30.5 Å². The van der Waals surface area contributed by atoms with Crippen molar-refractivity contribution in [2.45, 2.75) is 20.3 Å². The van der Waals surface area contributed by atoms with Crippen LogP contribution in [0.4, 0.5) is 0 Å². The first kappa shape index (κ1) is 15.2. The summed E-state index contributed by atoms with van der Waals surface area (Å²) in [7, 11) is 0. The lowest BCUT2D eigenvalue weighted by Crippen LogP contribution is -2.09. The Morgan fingerprint density at radius 1 is 0.714 bits per heavy atom. The predicted molar refractivity (Wildman–Crippen MR) is 84.4 cm³/mol. The first-order valence-corrected chi connectivity index (χ1v) is 7.39. The van der Waals surface area contributed by atoms with Gasteiger partial charge >= 0.3 is 0 Å². The standard InChI is InChI=1S/C18H22O3/c1-3-15-7-5-8-16(13-15)20-11-12-21-18-10-6-9-17(14-18)19-4-2/h5-10,13-14H,3-4,11-12H2,1-2H3. The third-order valence-corrected chi connectivity index (χ3v) is 3.04. The van der Waals surface area contributed by atoms with Crippen LogP contribution in [0.25, 0.3) is 0 Å². The molecule has 0 aromatic heterocycles. The molecule has 0 saturated carbocycles. The van der Waals surface area contributed by atoms with Crippen molar-refractivity contribution in [3.05, 3.63) is 54.1 Å². The van der Waals surface area contributed by atoms with E-state index in [0.29, 0.717) is 19.8 Å². The van der Waals surface area contributed by atoms with E-state index < -0.39 is 0 Å². The quantitative estimate of drug-likeness (QED) is 0.684. The van der Waals surface area contributed by atoms with E-state index in [9.17, 15) is 0 Å². The largest absolute Gasteiger partial charge is 0.494 e. The summed E-state index contributed by atoms with van der Waals surface area (Å²) in [6.07, 6.45) is 1.01. The molecule has 21 heavy (non-hydrogen) atoms. The summed E-state index contributed by atoms with van der Waals surface area (Å²) in [6.45, 7) is 5.78. The van der Waals surface area contributed by atoms with E-state index in [1.807, 2.05) is 43.3 Å². The van der Waals surface area contributed by atoms with Crippen LogP contribution in [0.1, 0.15) is 19.4 Å². The molecule has 3 nitrogen and oxygen atoms in total. The van der Waals surface area contributed by atoms with Gasteiger partial charge in [-0.2, -0.15) is 0 Å². The molecule has 0 aliphatic heterocycles. The zero-order valence-electron chi connectivity index (χ0n) is 12.7. The van der Waals surface area contributed by atoms with E-state index in [2.05, 4.69) is 19.1 Å². The molecule has 0 bridgehead atoms. The van der Waals surface area contributed by atoms with Crippen molar-refractivity contribution in [2.24, 2.45) is 0 Å². The van der Waals surface area contributed by atoms with Gasteiger partial charge in [0, 0.05) is 6.07 Å². The maximum Gasteiger partial charge on any atom is 0.123 e. The maximum atomic E-state index is 5.69. The Labute approximate surface area is 126 Å². The molecule has 0 aliphatic carbocycles. The zero-order chi connectivity index (χ0) is 14.9. The molecule has 0 N–H and O–H groups in total. The highest BCUT2D eigenvalue weighted by Gasteiger charge is 1.99. The van der Waals surface area contributed by atoms with Gasteiger partial charge in [-0.15, -0.1) is 0 Å². The molecule has 0 fully saturated rings. The van der Waals surface area contributed by atoms with Crippen LogP contribution in [-0.4, -0.2) is 19.8 Å². The molecule has 2 aromatic rings. The van der Waals surface area contributed by atoms with E-state index in [-0.39, 0.29) is 0 Å². The molecular weight excluding hydrogens is 264 g/mol. The highest BCUT2D eigenvalue weighted by atomic mass is 16.5. The lowest BCUT2D eigenvalue weighted by Gasteiger charge is -2.10. The van der Waals surface area contributed by atoms with Crippen LogP contribution in [0, 0.1) is 0 Å². The Morgan fingerprint density at radius 2 is 1.29 bits per heavy atom. The van der Waals surface area contributed by atoms with Gasteiger partial charge in [0.2, 0.25) is 0 Å². The molecule has 0 aliphatic rings. The van der Waals surface area contributed by atoms with E-state index in [1.165, 1.54) is 5.56 Å². The minimum Gasteiger partial charge on any atom is -0.494 e. The molecule has 2 aromatic carbocycles. The Kier molecular flexibility index (Phi) is 5.95. The van der Waals surface area contributed by atoms with Crippen molar-refractivity contribution in [3.8, 4) is 17.2 Å². The Balaban J connectivity index is 1.77. The SMILES string of the molecule is CCOc1cccc(OCCOc2cccc(CC)c2)c1. The second kappa shape index (κ2) is 8.20. The molecule has 3 heteroatoms. The van der Waals surface area contributed by atoms with Crippen LogP contribution < -0.4 is 14.2 Å². The van der Waals surface area contributed by atoms with Gasteiger partial charge in [-0.05, 0) is 43.2 Å². The molecule has 0 unspecified atom stereocenters. The molecule has 0 radical (unpaired) electrons. The summed E-state index contributed by atoms with van der Waals surface area (Å²) < 4.78 is 16.8. The first-order chi connectivity index (χ1) is 10.3. The van der Waals surface area contributed by atoms with Gasteiger partial charge in [0.25, 0.3) is 0 Å². The molecular formula is C18H22O3. The summed E-state index contributed by atoms with van der Waals surface area (Å²) in [5, 5.41) is 0. The normalized spacial score (nSPS) is 10.2. The summed E-state index contributed by atoms with van der Waals surface area (Å²) in [4.78, 5) is 0. The lowest BCUT2D eigenvalue weighted by molar-refractivity contribution is 0.216. The monoisotopic (exact) mass is 286 g/mol. The summed E-state index contributed by atoms with van der Waals surface area (Å²) in [5.74, 6) is 2.51. The third-order valence-electron chi connectivity index (χ3n) is 3.04. The van der Waals surface area contributed by atoms with Gasteiger partial charge < -0.3 is 14.2 Å².